The summed E-state index contributed by atoms with van der Waals surface area (Å²) in [5, 5.41) is 8.99. The van der Waals surface area contributed by atoms with Gasteiger partial charge in [0.25, 0.3) is 0 Å². The van der Waals surface area contributed by atoms with Gasteiger partial charge in [-0.05, 0) is 0 Å². The van der Waals surface area contributed by atoms with Crippen molar-refractivity contribution in [2.45, 2.75) is 12.6 Å². The van der Waals surface area contributed by atoms with E-state index in [4.69, 9.17) is 5.11 Å². The Bertz CT molecular complexity index is 218. The molecule has 1 N–H and O–H groups in total. The van der Waals surface area contributed by atoms with Crippen LogP contribution in [0.15, 0.2) is 11.7 Å². The van der Waals surface area contributed by atoms with Gasteiger partial charge in [-0.15, -0.1) is 11.3 Å². The number of nitrogens with zero attached hydrogens (tertiary/aromatic N) is 2. The highest BCUT2D eigenvalue weighted by atomic mass is 32.1. The minimum Gasteiger partial charge on any atom is -0.390 e. The monoisotopic (exact) mass is 170 g/mol. The van der Waals surface area contributed by atoms with Crippen molar-refractivity contribution < 1.29 is 5.11 Å². The number of aromatic nitrogens is 1. The van der Waals surface area contributed by atoms with Crippen molar-refractivity contribution in [1.29, 1.82) is 0 Å². The van der Waals surface area contributed by atoms with E-state index in [9.17, 15) is 0 Å². The van der Waals surface area contributed by atoms with E-state index in [0.717, 1.165) is 19.6 Å². The van der Waals surface area contributed by atoms with Crippen molar-refractivity contribution in [2.75, 3.05) is 13.1 Å². The number of aliphatic hydroxyl groups excluding tert-OH is 1. The maximum Gasteiger partial charge on any atom is 0.0794 e. The van der Waals surface area contributed by atoms with E-state index in [1.165, 1.54) is 4.88 Å². The van der Waals surface area contributed by atoms with Crippen molar-refractivity contribution in [2.24, 2.45) is 0 Å². The highest BCUT2D eigenvalue weighted by molar-refractivity contribution is 7.09. The molecule has 0 bridgehead atoms. The predicted molar refractivity (Wildman–Crippen MR) is 43.4 cm³/mol. The molecule has 3 nitrogen and oxygen atoms in total. The highest BCUT2D eigenvalue weighted by Crippen LogP contribution is 2.14. The molecule has 0 amide bonds. The largest absolute Gasteiger partial charge is 0.390 e. The Kier molecular flexibility index (Phi) is 1.89. The molecular weight excluding hydrogens is 160 g/mol. The maximum atomic E-state index is 8.99. The molecule has 0 spiro atoms. The van der Waals surface area contributed by atoms with Crippen molar-refractivity contribution in [3.05, 3.63) is 16.6 Å². The lowest BCUT2D eigenvalue weighted by Gasteiger charge is -2.35. The first-order valence-electron chi connectivity index (χ1n) is 3.62. The third kappa shape index (κ3) is 1.58. The van der Waals surface area contributed by atoms with Gasteiger partial charge in [0.2, 0.25) is 0 Å². The Morgan fingerprint density at radius 2 is 2.55 bits per heavy atom. The molecule has 0 atom stereocenters. The molecule has 60 valence electrons. The van der Waals surface area contributed by atoms with Gasteiger partial charge >= 0.3 is 0 Å². The number of aliphatic hydroxyl groups is 1. The molecule has 4 heteroatoms. The summed E-state index contributed by atoms with van der Waals surface area (Å²) < 4.78 is 0. The molecule has 2 heterocycles. The molecule has 1 saturated heterocycles. The molecule has 0 saturated carbocycles. The van der Waals surface area contributed by atoms with E-state index in [1.54, 1.807) is 11.3 Å². The lowest BCUT2D eigenvalue weighted by atomic mass is 10.2. The first kappa shape index (κ1) is 7.21. The zero-order valence-corrected chi connectivity index (χ0v) is 6.92. The summed E-state index contributed by atoms with van der Waals surface area (Å²) >= 11 is 1.67. The average molecular weight is 170 g/mol. The number of rotatable bonds is 2. The van der Waals surface area contributed by atoms with E-state index in [0.29, 0.717) is 0 Å². The number of likely N-dealkylation sites (tertiary alicyclic amines) is 1. The molecule has 1 aromatic rings. The van der Waals surface area contributed by atoms with Gasteiger partial charge in [-0.1, -0.05) is 0 Å². The molecular formula is C7H10N2OS. The summed E-state index contributed by atoms with van der Waals surface area (Å²) in [5.41, 5.74) is 1.84. The topological polar surface area (TPSA) is 36.4 Å². The lowest BCUT2D eigenvalue weighted by Crippen LogP contribution is -2.49. The number of hydrogen-bond donors (Lipinski definition) is 1. The van der Waals surface area contributed by atoms with Crippen LogP contribution >= 0.6 is 11.3 Å². The van der Waals surface area contributed by atoms with Crippen molar-refractivity contribution in [1.82, 2.24) is 9.88 Å². The van der Waals surface area contributed by atoms with Gasteiger partial charge in [0.05, 0.1) is 11.6 Å². The van der Waals surface area contributed by atoms with E-state index < -0.39 is 0 Å². The van der Waals surface area contributed by atoms with Crippen LogP contribution in [-0.4, -0.2) is 34.2 Å². The predicted octanol–water partition coefficient (Wildman–Crippen LogP) is 0.320. The fraction of sp³-hybridized carbons (Fsp3) is 0.571. The van der Waals surface area contributed by atoms with Crippen molar-refractivity contribution in [3.63, 3.8) is 0 Å². The molecule has 0 aromatic carbocycles. The second-order valence-corrected chi connectivity index (χ2v) is 3.79. The Hall–Kier alpha value is -0.450. The van der Waals surface area contributed by atoms with E-state index in [-0.39, 0.29) is 6.10 Å². The summed E-state index contributed by atoms with van der Waals surface area (Å²) in [6, 6.07) is 0. The average Bonchev–Trinajstić information content (AvgIpc) is 2.36. The Morgan fingerprint density at radius 1 is 1.73 bits per heavy atom. The van der Waals surface area contributed by atoms with Gasteiger partial charge in [0, 0.05) is 30.7 Å². The summed E-state index contributed by atoms with van der Waals surface area (Å²) in [6.45, 7) is 2.58. The molecule has 0 aliphatic carbocycles. The molecule has 0 unspecified atom stereocenters. The molecule has 1 aliphatic rings. The Balaban J connectivity index is 1.84. The first-order chi connectivity index (χ1) is 5.34. The maximum absolute atomic E-state index is 8.99. The molecule has 1 fully saturated rings. The van der Waals surface area contributed by atoms with Crippen LogP contribution in [0.3, 0.4) is 0 Å². The SMILES string of the molecule is OC1CN(Cc2cncs2)C1. The third-order valence-corrected chi connectivity index (χ3v) is 2.57. The number of thiazole rings is 1. The van der Waals surface area contributed by atoms with Gasteiger partial charge in [-0.3, -0.25) is 9.88 Å². The second kappa shape index (κ2) is 2.89. The first-order valence-corrected chi connectivity index (χ1v) is 4.50. The van der Waals surface area contributed by atoms with E-state index in [2.05, 4.69) is 9.88 Å². The van der Waals surface area contributed by atoms with Gasteiger partial charge in [0.1, 0.15) is 0 Å². The van der Waals surface area contributed by atoms with Crippen LogP contribution in [0.5, 0.6) is 0 Å². The summed E-state index contributed by atoms with van der Waals surface area (Å²) in [4.78, 5) is 7.46. The third-order valence-electron chi connectivity index (χ3n) is 1.80. The van der Waals surface area contributed by atoms with Crippen LogP contribution < -0.4 is 0 Å². The fourth-order valence-corrected chi connectivity index (χ4v) is 1.85. The fourth-order valence-electron chi connectivity index (χ4n) is 1.21. The van der Waals surface area contributed by atoms with Gasteiger partial charge in [-0.25, -0.2) is 0 Å². The summed E-state index contributed by atoms with van der Waals surface area (Å²) in [6.07, 6.45) is 1.79. The van der Waals surface area contributed by atoms with Crippen LogP contribution in [0.25, 0.3) is 0 Å². The van der Waals surface area contributed by atoms with E-state index in [1.807, 2.05) is 11.7 Å². The normalized spacial score (nSPS) is 20.1. The zero-order valence-electron chi connectivity index (χ0n) is 6.10. The van der Waals surface area contributed by atoms with Crippen LogP contribution in [0.1, 0.15) is 4.88 Å². The van der Waals surface area contributed by atoms with Gasteiger partial charge in [0.15, 0.2) is 0 Å². The minimum atomic E-state index is -0.0945. The summed E-state index contributed by atoms with van der Waals surface area (Å²) in [7, 11) is 0. The molecule has 1 aromatic heterocycles. The Morgan fingerprint density at radius 3 is 3.09 bits per heavy atom. The lowest BCUT2D eigenvalue weighted by molar-refractivity contribution is -0.00232. The van der Waals surface area contributed by atoms with Gasteiger partial charge in [-0.2, -0.15) is 0 Å². The zero-order chi connectivity index (χ0) is 7.68. The minimum absolute atomic E-state index is 0.0945. The van der Waals surface area contributed by atoms with Crippen LogP contribution in [0.4, 0.5) is 0 Å². The molecule has 11 heavy (non-hydrogen) atoms. The highest BCUT2D eigenvalue weighted by Gasteiger charge is 2.23. The van der Waals surface area contributed by atoms with E-state index >= 15 is 0 Å². The van der Waals surface area contributed by atoms with Crippen molar-refractivity contribution in [3.8, 4) is 0 Å². The van der Waals surface area contributed by atoms with Crippen molar-refractivity contribution >= 4 is 11.3 Å². The smallest absolute Gasteiger partial charge is 0.0794 e. The van der Waals surface area contributed by atoms with Crippen LogP contribution in [0.2, 0.25) is 0 Å². The number of hydrogen-bond acceptors (Lipinski definition) is 4. The molecule has 2 rings (SSSR count). The standard InChI is InChI=1S/C7H10N2OS/c10-6-2-9(3-6)4-7-1-8-5-11-7/h1,5-6,10H,2-4H2. The van der Waals surface area contributed by atoms with Crippen LogP contribution in [-0.2, 0) is 6.54 Å². The van der Waals surface area contributed by atoms with Crippen LogP contribution in [0, 0.1) is 0 Å². The molecule has 0 radical (unpaired) electrons. The van der Waals surface area contributed by atoms with Gasteiger partial charge < -0.3 is 5.11 Å². The number of β-amino-alcohol motifs (C(OH)–C–C–N with tert-alkyl or cyclic N) is 1. The molecule has 1 aliphatic heterocycles. The second-order valence-electron chi connectivity index (χ2n) is 2.82. The quantitative estimate of drug-likeness (QED) is 0.694. The summed E-state index contributed by atoms with van der Waals surface area (Å²) in [5.74, 6) is 0. The Labute approximate surface area is 69.3 Å².